The molecule has 1 nitrogen and oxygen atoms in total. The quantitative estimate of drug-likeness (QED) is 0.849. The second kappa shape index (κ2) is 6.36. The van der Waals surface area contributed by atoms with Gasteiger partial charge in [-0.1, -0.05) is 48.7 Å². The highest BCUT2D eigenvalue weighted by Gasteiger charge is 2.15. The van der Waals surface area contributed by atoms with Crippen LogP contribution in [-0.4, -0.2) is 5.11 Å². The van der Waals surface area contributed by atoms with Crippen LogP contribution < -0.4 is 0 Å². The van der Waals surface area contributed by atoms with E-state index in [4.69, 9.17) is 0 Å². The van der Waals surface area contributed by atoms with Gasteiger partial charge in [0.2, 0.25) is 0 Å². The Hall–Kier alpha value is -0.410. The van der Waals surface area contributed by atoms with Crippen molar-refractivity contribution >= 4 is 15.9 Å². The Morgan fingerprint density at radius 3 is 2.69 bits per heavy atom. The van der Waals surface area contributed by atoms with Crippen LogP contribution in [0, 0.1) is 11.7 Å². The van der Waals surface area contributed by atoms with Gasteiger partial charge in [0.1, 0.15) is 5.82 Å². The van der Waals surface area contributed by atoms with Crippen LogP contribution >= 0.6 is 15.9 Å². The smallest absolute Gasteiger partial charge is 0.130 e. The Labute approximate surface area is 105 Å². The van der Waals surface area contributed by atoms with Gasteiger partial charge in [-0.15, -0.1) is 0 Å². The standard InChI is InChI=1S/C13H18BrFO/c1-3-4-9(2)7-13(16)11-6-5-10(14)8-12(11)15/h5-6,8-9,13,16H,3-4,7H2,1-2H3. The lowest BCUT2D eigenvalue weighted by molar-refractivity contribution is 0.141. The monoisotopic (exact) mass is 288 g/mol. The molecule has 90 valence electrons. The molecule has 2 atom stereocenters. The van der Waals surface area contributed by atoms with Crippen molar-refractivity contribution < 1.29 is 9.50 Å². The van der Waals surface area contributed by atoms with Gasteiger partial charge in [0, 0.05) is 10.0 Å². The summed E-state index contributed by atoms with van der Waals surface area (Å²) in [5, 5.41) is 9.93. The molecule has 3 heteroatoms. The summed E-state index contributed by atoms with van der Waals surface area (Å²) in [4.78, 5) is 0. The first-order chi connectivity index (χ1) is 7.54. The number of rotatable bonds is 5. The predicted molar refractivity (Wildman–Crippen MR) is 67.7 cm³/mol. The Balaban J connectivity index is 2.69. The summed E-state index contributed by atoms with van der Waals surface area (Å²) < 4.78 is 14.2. The SMILES string of the molecule is CCCC(C)CC(O)c1ccc(Br)cc1F. The normalized spacial score (nSPS) is 14.8. The number of aliphatic hydroxyl groups is 1. The van der Waals surface area contributed by atoms with E-state index >= 15 is 0 Å². The Bertz CT molecular complexity index is 341. The molecule has 0 heterocycles. The largest absolute Gasteiger partial charge is 0.388 e. The topological polar surface area (TPSA) is 20.2 Å². The molecule has 0 radical (unpaired) electrons. The van der Waals surface area contributed by atoms with Crippen molar-refractivity contribution in [3.63, 3.8) is 0 Å². The average Bonchev–Trinajstić information content (AvgIpc) is 2.17. The molecule has 0 aromatic heterocycles. The lowest BCUT2D eigenvalue weighted by atomic mass is 9.95. The van der Waals surface area contributed by atoms with Gasteiger partial charge in [-0.3, -0.25) is 0 Å². The Morgan fingerprint density at radius 2 is 2.12 bits per heavy atom. The predicted octanol–water partition coefficient (Wildman–Crippen LogP) is 4.45. The first-order valence-electron chi connectivity index (χ1n) is 5.67. The number of hydrogen-bond donors (Lipinski definition) is 1. The van der Waals surface area contributed by atoms with Crippen LogP contribution in [0.25, 0.3) is 0 Å². The zero-order chi connectivity index (χ0) is 12.1. The van der Waals surface area contributed by atoms with Gasteiger partial charge >= 0.3 is 0 Å². The molecule has 0 spiro atoms. The van der Waals surface area contributed by atoms with E-state index in [-0.39, 0.29) is 5.82 Å². The molecule has 2 unspecified atom stereocenters. The average molecular weight is 289 g/mol. The van der Waals surface area contributed by atoms with Crippen molar-refractivity contribution in [1.82, 2.24) is 0 Å². The summed E-state index contributed by atoms with van der Waals surface area (Å²) in [6.45, 7) is 4.20. The molecule has 0 aliphatic carbocycles. The van der Waals surface area contributed by atoms with E-state index < -0.39 is 6.10 Å². The van der Waals surface area contributed by atoms with Crippen molar-refractivity contribution in [3.05, 3.63) is 34.1 Å². The summed E-state index contributed by atoms with van der Waals surface area (Å²) in [7, 11) is 0. The number of hydrogen-bond acceptors (Lipinski definition) is 1. The summed E-state index contributed by atoms with van der Waals surface area (Å²) in [6.07, 6.45) is 2.08. The minimum atomic E-state index is -0.699. The Morgan fingerprint density at radius 1 is 1.44 bits per heavy atom. The van der Waals surface area contributed by atoms with Crippen LogP contribution in [0.1, 0.15) is 44.8 Å². The Kier molecular flexibility index (Phi) is 5.42. The molecule has 1 N–H and O–H groups in total. The van der Waals surface area contributed by atoms with Gasteiger partial charge in [0.15, 0.2) is 0 Å². The van der Waals surface area contributed by atoms with Crippen LogP contribution in [-0.2, 0) is 0 Å². The van der Waals surface area contributed by atoms with Gasteiger partial charge < -0.3 is 5.11 Å². The molecule has 16 heavy (non-hydrogen) atoms. The zero-order valence-corrected chi connectivity index (χ0v) is 11.3. The van der Waals surface area contributed by atoms with Crippen molar-refractivity contribution in [2.45, 2.75) is 39.2 Å². The van der Waals surface area contributed by atoms with E-state index in [1.807, 2.05) is 0 Å². The second-order valence-electron chi connectivity index (χ2n) is 4.31. The zero-order valence-electron chi connectivity index (χ0n) is 9.71. The van der Waals surface area contributed by atoms with E-state index in [9.17, 15) is 9.50 Å². The van der Waals surface area contributed by atoms with E-state index in [0.29, 0.717) is 22.4 Å². The van der Waals surface area contributed by atoms with Crippen molar-refractivity contribution in [2.24, 2.45) is 5.92 Å². The highest BCUT2D eigenvalue weighted by Crippen LogP contribution is 2.27. The molecule has 0 saturated carbocycles. The van der Waals surface area contributed by atoms with E-state index in [1.54, 1.807) is 12.1 Å². The fourth-order valence-corrected chi connectivity index (χ4v) is 2.22. The minimum absolute atomic E-state index is 0.342. The maximum Gasteiger partial charge on any atom is 0.130 e. The van der Waals surface area contributed by atoms with Gasteiger partial charge in [0.25, 0.3) is 0 Å². The molecule has 0 amide bonds. The summed E-state index contributed by atoms with van der Waals surface area (Å²) in [6, 6.07) is 4.79. The lowest BCUT2D eigenvalue weighted by Crippen LogP contribution is -2.06. The summed E-state index contributed by atoms with van der Waals surface area (Å²) in [5.41, 5.74) is 0.395. The molecule has 0 fully saturated rings. The van der Waals surface area contributed by atoms with Gasteiger partial charge in [-0.25, -0.2) is 4.39 Å². The second-order valence-corrected chi connectivity index (χ2v) is 5.23. The molecule has 1 aromatic carbocycles. The van der Waals surface area contributed by atoms with Gasteiger partial charge in [0.05, 0.1) is 6.10 Å². The highest BCUT2D eigenvalue weighted by atomic mass is 79.9. The number of benzene rings is 1. The molecular formula is C13H18BrFO. The van der Waals surface area contributed by atoms with Crippen LogP contribution in [0.5, 0.6) is 0 Å². The molecule has 1 rings (SSSR count). The maximum atomic E-state index is 13.5. The third kappa shape index (κ3) is 3.87. The summed E-state index contributed by atoms with van der Waals surface area (Å²) in [5.74, 6) is 0.0774. The maximum absolute atomic E-state index is 13.5. The lowest BCUT2D eigenvalue weighted by Gasteiger charge is -2.16. The van der Waals surface area contributed by atoms with Crippen LogP contribution in [0.15, 0.2) is 22.7 Å². The molecular weight excluding hydrogens is 271 g/mol. The fourth-order valence-electron chi connectivity index (χ4n) is 1.89. The van der Waals surface area contributed by atoms with Crippen LogP contribution in [0.4, 0.5) is 4.39 Å². The highest BCUT2D eigenvalue weighted by molar-refractivity contribution is 9.10. The first-order valence-corrected chi connectivity index (χ1v) is 6.47. The number of halogens is 2. The fraction of sp³-hybridized carbons (Fsp3) is 0.538. The number of aliphatic hydroxyl groups excluding tert-OH is 1. The molecule has 0 aliphatic heterocycles. The van der Waals surface area contributed by atoms with E-state index in [2.05, 4.69) is 29.8 Å². The van der Waals surface area contributed by atoms with Gasteiger partial charge in [-0.05, 0) is 24.5 Å². The third-order valence-electron chi connectivity index (χ3n) is 2.73. The van der Waals surface area contributed by atoms with Crippen molar-refractivity contribution in [1.29, 1.82) is 0 Å². The summed E-state index contributed by atoms with van der Waals surface area (Å²) >= 11 is 3.20. The van der Waals surface area contributed by atoms with Crippen molar-refractivity contribution in [3.8, 4) is 0 Å². The molecule has 1 aromatic rings. The van der Waals surface area contributed by atoms with E-state index in [0.717, 1.165) is 12.8 Å². The third-order valence-corrected chi connectivity index (χ3v) is 3.22. The van der Waals surface area contributed by atoms with Crippen LogP contribution in [0.2, 0.25) is 0 Å². The molecule has 0 bridgehead atoms. The van der Waals surface area contributed by atoms with Gasteiger partial charge in [-0.2, -0.15) is 0 Å². The van der Waals surface area contributed by atoms with Crippen LogP contribution in [0.3, 0.4) is 0 Å². The molecule has 0 saturated heterocycles. The minimum Gasteiger partial charge on any atom is -0.388 e. The molecule has 0 aliphatic rings. The van der Waals surface area contributed by atoms with E-state index in [1.165, 1.54) is 6.07 Å². The first kappa shape index (κ1) is 13.7. The van der Waals surface area contributed by atoms with Crippen molar-refractivity contribution in [2.75, 3.05) is 0 Å².